The molecule has 11 heavy (non-hydrogen) atoms. The molecule has 1 aromatic carbocycles. The normalized spacial score (nSPS) is 28.5. The molecule has 0 N–H and O–H groups in total. The maximum atomic E-state index is 12.5. The summed E-state index contributed by atoms with van der Waals surface area (Å²) in [6.07, 6.45) is 0. The summed E-state index contributed by atoms with van der Waals surface area (Å²) in [5, 5.41) is 1.34. The van der Waals surface area contributed by atoms with E-state index in [1.807, 2.05) is 23.9 Å². The fourth-order valence-corrected chi connectivity index (χ4v) is 2.03. The van der Waals surface area contributed by atoms with Crippen molar-refractivity contribution in [3.05, 3.63) is 35.6 Å². The lowest BCUT2D eigenvalue weighted by Gasteiger charge is -1.94. The van der Waals surface area contributed by atoms with Crippen molar-refractivity contribution in [1.29, 1.82) is 0 Å². The van der Waals surface area contributed by atoms with E-state index in [9.17, 15) is 4.39 Å². The Morgan fingerprint density at radius 1 is 1.27 bits per heavy atom. The van der Waals surface area contributed by atoms with Crippen LogP contribution in [0.15, 0.2) is 24.3 Å². The highest BCUT2D eigenvalue weighted by atomic mass is 32.2. The van der Waals surface area contributed by atoms with E-state index in [0.717, 1.165) is 5.25 Å². The van der Waals surface area contributed by atoms with Crippen LogP contribution in [0.2, 0.25) is 0 Å². The third-order valence-corrected chi connectivity index (χ3v) is 3.27. The van der Waals surface area contributed by atoms with Crippen LogP contribution in [-0.2, 0) is 0 Å². The Hall–Kier alpha value is -0.500. The van der Waals surface area contributed by atoms with Crippen LogP contribution in [0.5, 0.6) is 0 Å². The summed E-state index contributed by atoms with van der Waals surface area (Å²) in [5.41, 5.74) is 1.25. The molecule has 0 radical (unpaired) electrons. The molecule has 58 valence electrons. The van der Waals surface area contributed by atoms with Crippen LogP contribution in [0.1, 0.15) is 17.7 Å². The van der Waals surface area contributed by atoms with E-state index in [1.165, 1.54) is 17.7 Å². The minimum atomic E-state index is -0.146. The second-order valence-electron chi connectivity index (χ2n) is 2.81. The van der Waals surface area contributed by atoms with Gasteiger partial charge < -0.3 is 0 Å². The zero-order chi connectivity index (χ0) is 7.84. The highest BCUT2D eigenvalue weighted by molar-refractivity contribution is 8.07. The first-order valence-corrected chi connectivity index (χ1v) is 4.62. The van der Waals surface area contributed by atoms with Gasteiger partial charge in [0.05, 0.1) is 0 Å². The number of halogens is 1. The largest absolute Gasteiger partial charge is 0.207 e. The number of rotatable bonds is 1. The second kappa shape index (κ2) is 2.52. The van der Waals surface area contributed by atoms with E-state index in [-0.39, 0.29) is 5.82 Å². The van der Waals surface area contributed by atoms with Gasteiger partial charge >= 0.3 is 0 Å². The van der Waals surface area contributed by atoms with Gasteiger partial charge in [-0.3, -0.25) is 0 Å². The minimum absolute atomic E-state index is 0.146. The third kappa shape index (κ3) is 1.41. The summed E-state index contributed by atoms with van der Waals surface area (Å²) < 4.78 is 12.5. The predicted octanol–water partition coefficient (Wildman–Crippen LogP) is 3.00. The summed E-state index contributed by atoms with van der Waals surface area (Å²) in [4.78, 5) is 0. The molecule has 1 saturated heterocycles. The molecule has 0 amide bonds. The van der Waals surface area contributed by atoms with Gasteiger partial charge in [0.1, 0.15) is 5.82 Å². The second-order valence-corrected chi connectivity index (χ2v) is 4.34. The van der Waals surface area contributed by atoms with Crippen LogP contribution >= 0.6 is 11.8 Å². The molecule has 1 fully saturated rings. The van der Waals surface area contributed by atoms with Gasteiger partial charge in [-0.2, -0.15) is 0 Å². The number of benzene rings is 1. The monoisotopic (exact) mass is 168 g/mol. The van der Waals surface area contributed by atoms with Crippen molar-refractivity contribution in [3.8, 4) is 0 Å². The quantitative estimate of drug-likeness (QED) is 0.581. The topological polar surface area (TPSA) is 0 Å². The Balaban J connectivity index is 2.21. The van der Waals surface area contributed by atoms with Gasteiger partial charge in [0.25, 0.3) is 0 Å². The smallest absolute Gasteiger partial charge is 0.123 e. The summed E-state index contributed by atoms with van der Waals surface area (Å²) in [6, 6.07) is 6.80. The van der Waals surface area contributed by atoms with Crippen molar-refractivity contribution in [3.63, 3.8) is 0 Å². The van der Waals surface area contributed by atoms with Gasteiger partial charge in [-0.05, 0) is 17.7 Å². The molecule has 0 nitrogen and oxygen atoms in total. The average Bonchev–Trinajstić information content (AvgIpc) is 2.69. The molecule has 0 spiro atoms. The van der Waals surface area contributed by atoms with E-state index in [0.29, 0.717) is 5.25 Å². The highest BCUT2D eigenvalue weighted by Gasteiger charge is 2.34. The van der Waals surface area contributed by atoms with E-state index in [2.05, 4.69) is 6.92 Å². The van der Waals surface area contributed by atoms with Gasteiger partial charge in [-0.15, -0.1) is 11.8 Å². The maximum Gasteiger partial charge on any atom is 0.123 e. The van der Waals surface area contributed by atoms with Crippen molar-refractivity contribution < 1.29 is 4.39 Å². The molecule has 0 aromatic heterocycles. The van der Waals surface area contributed by atoms with Crippen molar-refractivity contribution in [2.24, 2.45) is 0 Å². The van der Waals surface area contributed by atoms with Crippen molar-refractivity contribution in [1.82, 2.24) is 0 Å². The van der Waals surface area contributed by atoms with E-state index in [4.69, 9.17) is 0 Å². The van der Waals surface area contributed by atoms with Crippen molar-refractivity contribution >= 4 is 11.8 Å². The number of thioether (sulfide) groups is 1. The molecule has 0 unspecified atom stereocenters. The maximum absolute atomic E-state index is 12.5. The zero-order valence-corrected chi connectivity index (χ0v) is 7.07. The van der Waals surface area contributed by atoms with Crippen LogP contribution in [-0.4, -0.2) is 5.25 Å². The molecule has 0 bridgehead atoms. The molecule has 2 rings (SSSR count). The fraction of sp³-hybridized carbons (Fsp3) is 0.333. The molecular formula is C9H9FS. The number of hydrogen-bond donors (Lipinski definition) is 0. The van der Waals surface area contributed by atoms with Gasteiger partial charge in [-0.1, -0.05) is 19.1 Å². The first kappa shape index (κ1) is 7.17. The average molecular weight is 168 g/mol. The molecule has 2 heteroatoms. The molecule has 1 aliphatic heterocycles. The van der Waals surface area contributed by atoms with Gasteiger partial charge in [0.15, 0.2) is 0 Å². The zero-order valence-electron chi connectivity index (χ0n) is 6.25. The Kier molecular flexibility index (Phi) is 1.64. The Morgan fingerprint density at radius 2 is 1.82 bits per heavy atom. The van der Waals surface area contributed by atoms with Crippen LogP contribution in [0.4, 0.5) is 4.39 Å². The Bertz CT molecular complexity index is 255. The SMILES string of the molecule is C[C@@H]1S[C@@H]1c1ccc(F)cc1. The lowest BCUT2D eigenvalue weighted by molar-refractivity contribution is 0.627. The summed E-state index contributed by atoms with van der Waals surface area (Å²) in [7, 11) is 0. The lowest BCUT2D eigenvalue weighted by atomic mass is 10.1. The van der Waals surface area contributed by atoms with E-state index in [1.54, 1.807) is 0 Å². The summed E-state index contributed by atoms with van der Waals surface area (Å²) in [5.74, 6) is -0.146. The van der Waals surface area contributed by atoms with Crippen LogP contribution in [0.25, 0.3) is 0 Å². The molecule has 2 atom stereocenters. The molecular weight excluding hydrogens is 159 g/mol. The van der Waals surface area contributed by atoms with Gasteiger partial charge in [0.2, 0.25) is 0 Å². The Labute approximate surface area is 69.8 Å². The van der Waals surface area contributed by atoms with Gasteiger partial charge in [-0.25, -0.2) is 4.39 Å². The first-order chi connectivity index (χ1) is 5.27. The molecule has 1 aromatic rings. The standard InChI is InChI=1S/C9H9FS/c1-6-9(11-6)7-2-4-8(10)5-3-7/h2-6,9H,1H3/t6-,9-/m0/s1. The third-order valence-electron chi connectivity index (χ3n) is 1.91. The van der Waals surface area contributed by atoms with E-state index >= 15 is 0 Å². The van der Waals surface area contributed by atoms with Crippen molar-refractivity contribution in [2.75, 3.05) is 0 Å². The van der Waals surface area contributed by atoms with E-state index < -0.39 is 0 Å². The first-order valence-electron chi connectivity index (χ1n) is 3.68. The lowest BCUT2D eigenvalue weighted by Crippen LogP contribution is -1.83. The van der Waals surface area contributed by atoms with Crippen molar-refractivity contribution in [2.45, 2.75) is 17.4 Å². The predicted molar refractivity (Wildman–Crippen MR) is 46.2 cm³/mol. The molecule has 1 aliphatic rings. The van der Waals surface area contributed by atoms with Crippen LogP contribution < -0.4 is 0 Å². The van der Waals surface area contributed by atoms with Crippen LogP contribution in [0.3, 0.4) is 0 Å². The molecule has 0 aliphatic carbocycles. The summed E-state index contributed by atoms with van der Waals surface area (Å²) >= 11 is 1.93. The highest BCUT2D eigenvalue weighted by Crippen LogP contribution is 2.54. The summed E-state index contributed by atoms with van der Waals surface area (Å²) in [6.45, 7) is 2.19. The van der Waals surface area contributed by atoms with Gasteiger partial charge in [0, 0.05) is 10.5 Å². The van der Waals surface area contributed by atoms with Crippen LogP contribution in [0, 0.1) is 5.82 Å². The minimum Gasteiger partial charge on any atom is -0.207 e. The molecule has 1 heterocycles. The molecule has 0 saturated carbocycles. The fourth-order valence-electron chi connectivity index (χ4n) is 1.19. The Morgan fingerprint density at radius 3 is 2.27 bits per heavy atom. The number of hydrogen-bond acceptors (Lipinski definition) is 1.